The highest BCUT2D eigenvalue weighted by molar-refractivity contribution is 14.1. The quantitative estimate of drug-likeness (QED) is 0.800. The summed E-state index contributed by atoms with van der Waals surface area (Å²) in [6.45, 7) is 3.03. The van der Waals surface area contributed by atoms with Crippen molar-refractivity contribution in [1.29, 1.82) is 0 Å². The molecule has 0 unspecified atom stereocenters. The normalized spacial score (nSPS) is 9.94. The molecule has 16 heavy (non-hydrogen) atoms. The van der Waals surface area contributed by atoms with Crippen LogP contribution in [0.2, 0.25) is 5.02 Å². The molecule has 0 spiro atoms. The van der Waals surface area contributed by atoms with Crippen molar-refractivity contribution in [3.8, 4) is 0 Å². The molecule has 0 saturated heterocycles. The lowest BCUT2D eigenvalue weighted by molar-refractivity contribution is -0.119. The molecule has 1 amide bonds. The van der Waals surface area contributed by atoms with Gasteiger partial charge in [0, 0.05) is 20.8 Å². The Morgan fingerprint density at radius 1 is 1.50 bits per heavy atom. The van der Waals surface area contributed by atoms with E-state index in [1.807, 2.05) is 19.1 Å². The lowest BCUT2D eigenvalue weighted by Gasteiger charge is -2.08. The second-order valence-electron chi connectivity index (χ2n) is 3.33. The Hall–Kier alpha value is -0.490. The van der Waals surface area contributed by atoms with Crippen LogP contribution in [-0.2, 0) is 4.79 Å². The van der Waals surface area contributed by atoms with E-state index >= 15 is 0 Å². The van der Waals surface area contributed by atoms with Crippen molar-refractivity contribution < 1.29 is 4.79 Å². The average molecular weight is 353 g/mol. The zero-order chi connectivity index (χ0) is 12.0. The van der Waals surface area contributed by atoms with Crippen molar-refractivity contribution in [2.45, 2.75) is 13.3 Å². The first-order valence-corrected chi connectivity index (χ1v) is 6.54. The molecule has 1 aromatic carbocycles. The Labute approximate surface area is 114 Å². The summed E-state index contributed by atoms with van der Waals surface area (Å²) in [5, 5.41) is 6.57. The van der Waals surface area contributed by atoms with Gasteiger partial charge in [-0.1, -0.05) is 18.5 Å². The van der Waals surface area contributed by atoms with Crippen LogP contribution in [0.15, 0.2) is 18.2 Å². The molecule has 1 aromatic rings. The standard InChI is InChI=1S/C11H14ClIN2O/c1-2-5-14-11(16)7-15-10-4-3-8(12)6-9(10)13/h3-4,6,15H,2,5,7H2,1H3,(H,14,16). The van der Waals surface area contributed by atoms with E-state index in [4.69, 9.17) is 11.6 Å². The van der Waals surface area contributed by atoms with Gasteiger partial charge in [-0.2, -0.15) is 0 Å². The summed E-state index contributed by atoms with van der Waals surface area (Å²) >= 11 is 8.02. The van der Waals surface area contributed by atoms with Gasteiger partial charge in [-0.15, -0.1) is 0 Å². The Morgan fingerprint density at radius 2 is 2.25 bits per heavy atom. The molecule has 0 aliphatic rings. The predicted octanol–water partition coefficient (Wildman–Crippen LogP) is 2.88. The van der Waals surface area contributed by atoms with Crippen LogP contribution in [0.25, 0.3) is 0 Å². The fraction of sp³-hybridized carbons (Fsp3) is 0.364. The minimum atomic E-state index is 0.00704. The maximum atomic E-state index is 11.4. The summed E-state index contributed by atoms with van der Waals surface area (Å²) in [7, 11) is 0. The third-order valence-electron chi connectivity index (χ3n) is 1.94. The monoisotopic (exact) mass is 352 g/mol. The summed E-state index contributed by atoms with van der Waals surface area (Å²) in [4.78, 5) is 11.4. The van der Waals surface area contributed by atoms with E-state index in [0.717, 1.165) is 22.2 Å². The molecule has 2 N–H and O–H groups in total. The number of rotatable bonds is 5. The molecule has 88 valence electrons. The topological polar surface area (TPSA) is 41.1 Å². The molecule has 0 radical (unpaired) electrons. The lowest BCUT2D eigenvalue weighted by Crippen LogP contribution is -2.30. The highest BCUT2D eigenvalue weighted by Crippen LogP contribution is 2.21. The Morgan fingerprint density at radius 3 is 2.88 bits per heavy atom. The number of hydrogen-bond acceptors (Lipinski definition) is 2. The number of benzene rings is 1. The highest BCUT2D eigenvalue weighted by Gasteiger charge is 2.03. The van der Waals surface area contributed by atoms with Crippen molar-refractivity contribution in [2.24, 2.45) is 0 Å². The average Bonchev–Trinajstić information content (AvgIpc) is 2.25. The van der Waals surface area contributed by atoms with Crippen LogP contribution in [0.5, 0.6) is 0 Å². The van der Waals surface area contributed by atoms with Crippen LogP contribution < -0.4 is 10.6 Å². The van der Waals surface area contributed by atoms with Crippen molar-refractivity contribution >= 4 is 45.8 Å². The largest absolute Gasteiger partial charge is 0.375 e. The van der Waals surface area contributed by atoms with Crippen LogP contribution in [0.4, 0.5) is 5.69 Å². The highest BCUT2D eigenvalue weighted by atomic mass is 127. The molecule has 0 bridgehead atoms. The van der Waals surface area contributed by atoms with Crippen molar-refractivity contribution in [3.63, 3.8) is 0 Å². The van der Waals surface area contributed by atoms with Crippen molar-refractivity contribution in [2.75, 3.05) is 18.4 Å². The molecule has 0 heterocycles. The van der Waals surface area contributed by atoms with Gasteiger partial charge in [-0.25, -0.2) is 0 Å². The molecule has 0 saturated carbocycles. The molecule has 0 aliphatic carbocycles. The third kappa shape index (κ3) is 4.57. The van der Waals surface area contributed by atoms with E-state index in [2.05, 4.69) is 33.2 Å². The number of carbonyl (C=O) groups excluding carboxylic acids is 1. The zero-order valence-corrected chi connectivity index (χ0v) is 11.9. The molecule has 0 atom stereocenters. The van der Waals surface area contributed by atoms with Crippen molar-refractivity contribution in [1.82, 2.24) is 5.32 Å². The molecule has 0 fully saturated rings. The number of nitrogens with one attached hydrogen (secondary N) is 2. The van der Waals surface area contributed by atoms with Crippen LogP contribution in [-0.4, -0.2) is 19.0 Å². The van der Waals surface area contributed by atoms with Gasteiger partial charge in [-0.3, -0.25) is 4.79 Å². The Bertz CT molecular complexity index is 371. The molecule has 0 aromatic heterocycles. The van der Waals surface area contributed by atoms with Gasteiger partial charge >= 0.3 is 0 Å². The maximum absolute atomic E-state index is 11.4. The SMILES string of the molecule is CCCNC(=O)CNc1ccc(Cl)cc1I. The number of halogens is 2. The molecule has 1 rings (SSSR count). The van der Waals surface area contributed by atoms with Crippen LogP contribution >= 0.6 is 34.2 Å². The lowest BCUT2D eigenvalue weighted by atomic mass is 10.3. The number of amides is 1. The Kier molecular flexibility index (Phi) is 5.90. The van der Waals surface area contributed by atoms with E-state index in [0.29, 0.717) is 5.02 Å². The summed E-state index contributed by atoms with van der Waals surface area (Å²) in [5.74, 6) is 0.00704. The second kappa shape index (κ2) is 6.96. The smallest absolute Gasteiger partial charge is 0.239 e. The molecule has 5 heteroatoms. The minimum absolute atomic E-state index is 0.00704. The van der Waals surface area contributed by atoms with Crippen LogP contribution in [0.1, 0.15) is 13.3 Å². The number of hydrogen-bond donors (Lipinski definition) is 2. The zero-order valence-electron chi connectivity index (χ0n) is 9.02. The fourth-order valence-corrected chi connectivity index (χ4v) is 2.20. The fourth-order valence-electron chi connectivity index (χ4n) is 1.14. The van der Waals surface area contributed by atoms with Crippen molar-refractivity contribution in [3.05, 3.63) is 26.8 Å². The first-order valence-electron chi connectivity index (χ1n) is 5.09. The summed E-state index contributed by atoms with van der Waals surface area (Å²) < 4.78 is 1.01. The number of carbonyl (C=O) groups is 1. The summed E-state index contributed by atoms with van der Waals surface area (Å²) in [6, 6.07) is 5.53. The Balaban J connectivity index is 2.45. The summed E-state index contributed by atoms with van der Waals surface area (Å²) in [6.07, 6.45) is 0.949. The van der Waals surface area contributed by atoms with Crippen LogP contribution in [0.3, 0.4) is 0 Å². The summed E-state index contributed by atoms with van der Waals surface area (Å²) in [5.41, 5.74) is 0.927. The van der Waals surface area contributed by atoms with Crippen LogP contribution in [0, 0.1) is 3.57 Å². The second-order valence-corrected chi connectivity index (χ2v) is 4.93. The van der Waals surface area contributed by atoms with E-state index in [-0.39, 0.29) is 12.5 Å². The molecular formula is C11H14ClIN2O. The maximum Gasteiger partial charge on any atom is 0.239 e. The number of anilines is 1. The molecule has 3 nitrogen and oxygen atoms in total. The van der Waals surface area contributed by atoms with Gasteiger partial charge in [-0.05, 0) is 47.2 Å². The van der Waals surface area contributed by atoms with Gasteiger partial charge in [0.15, 0.2) is 0 Å². The third-order valence-corrected chi connectivity index (χ3v) is 3.07. The van der Waals surface area contributed by atoms with E-state index in [1.54, 1.807) is 6.07 Å². The first-order chi connectivity index (χ1) is 7.63. The molecule has 0 aliphatic heterocycles. The van der Waals surface area contributed by atoms with Gasteiger partial charge in [0.1, 0.15) is 0 Å². The first kappa shape index (κ1) is 13.6. The minimum Gasteiger partial charge on any atom is -0.375 e. The van der Waals surface area contributed by atoms with Gasteiger partial charge in [0.2, 0.25) is 5.91 Å². The van der Waals surface area contributed by atoms with E-state index in [1.165, 1.54) is 0 Å². The predicted molar refractivity (Wildman–Crippen MR) is 76.0 cm³/mol. The van der Waals surface area contributed by atoms with Gasteiger partial charge < -0.3 is 10.6 Å². The van der Waals surface area contributed by atoms with E-state index in [9.17, 15) is 4.79 Å². The van der Waals surface area contributed by atoms with Gasteiger partial charge in [0.25, 0.3) is 0 Å². The van der Waals surface area contributed by atoms with E-state index < -0.39 is 0 Å². The molecular weight excluding hydrogens is 338 g/mol. The van der Waals surface area contributed by atoms with Gasteiger partial charge in [0.05, 0.1) is 6.54 Å².